The highest BCUT2D eigenvalue weighted by molar-refractivity contribution is 5.79. The summed E-state index contributed by atoms with van der Waals surface area (Å²) < 4.78 is 28.0. The zero-order valence-electron chi connectivity index (χ0n) is 22.7. The molecule has 4 atom stereocenters. The summed E-state index contributed by atoms with van der Waals surface area (Å²) in [5, 5.41) is 14.3. The molecule has 2 aliphatic heterocycles. The number of aromatic hydroxyl groups is 1. The van der Waals surface area contributed by atoms with Gasteiger partial charge in [0.25, 0.3) is 0 Å². The van der Waals surface area contributed by atoms with E-state index >= 15 is 0 Å². The molecule has 2 aromatic carbocycles. The Balaban J connectivity index is 1.54. The van der Waals surface area contributed by atoms with Gasteiger partial charge in [0.1, 0.15) is 0 Å². The molecule has 38 heavy (non-hydrogen) atoms. The minimum atomic E-state index is -0.425. The maximum Gasteiger partial charge on any atom is 0.310 e. The lowest BCUT2D eigenvalue weighted by molar-refractivity contribution is -0.141. The monoisotopic (exact) mass is 527 g/mol. The van der Waals surface area contributed by atoms with E-state index in [9.17, 15) is 9.90 Å². The van der Waals surface area contributed by atoms with Crippen molar-refractivity contribution in [1.82, 2.24) is 15.1 Å². The molecule has 0 unspecified atom stereocenters. The summed E-state index contributed by atoms with van der Waals surface area (Å²) >= 11 is 0. The first kappa shape index (κ1) is 26.4. The predicted octanol–water partition coefficient (Wildman–Crippen LogP) is 2.20. The van der Waals surface area contributed by atoms with Crippen molar-refractivity contribution in [3.63, 3.8) is 0 Å². The van der Waals surface area contributed by atoms with Crippen LogP contribution in [0.15, 0.2) is 24.3 Å². The first-order valence-corrected chi connectivity index (χ1v) is 12.9. The Morgan fingerprint density at radius 3 is 2.24 bits per heavy atom. The van der Waals surface area contributed by atoms with E-state index in [1.807, 2.05) is 12.1 Å². The molecule has 5 rings (SSSR count). The van der Waals surface area contributed by atoms with E-state index in [-0.39, 0.29) is 47.9 Å². The molecule has 1 aliphatic carbocycles. The van der Waals surface area contributed by atoms with Gasteiger partial charge in [-0.1, -0.05) is 0 Å². The van der Waals surface area contributed by atoms with Gasteiger partial charge in [-0.25, -0.2) is 0 Å². The highest BCUT2D eigenvalue weighted by Crippen LogP contribution is 2.55. The predicted molar refractivity (Wildman–Crippen MR) is 140 cm³/mol. The third-order valence-corrected chi connectivity index (χ3v) is 7.84. The number of nitrogens with zero attached hydrogens (tertiary/aromatic N) is 2. The van der Waals surface area contributed by atoms with Crippen LogP contribution in [0.3, 0.4) is 0 Å². The highest BCUT2D eigenvalue weighted by atomic mass is 16.7. The molecule has 2 heterocycles. The molecule has 206 valence electrons. The van der Waals surface area contributed by atoms with Crippen molar-refractivity contribution in [2.45, 2.75) is 12.0 Å². The number of hydrogen-bond donors (Lipinski definition) is 2. The fourth-order valence-electron chi connectivity index (χ4n) is 5.81. The van der Waals surface area contributed by atoms with Crippen LogP contribution in [-0.4, -0.2) is 95.8 Å². The van der Waals surface area contributed by atoms with Crippen molar-refractivity contribution in [3.05, 3.63) is 41.0 Å². The van der Waals surface area contributed by atoms with Crippen LogP contribution < -0.4 is 24.3 Å². The molecule has 2 N–H and O–H groups in total. The minimum absolute atomic E-state index is 0.0797. The van der Waals surface area contributed by atoms with Gasteiger partial charge in [0.15, 0.2) is 23.0 Å². The molecule has 0 radical (unpaired) electrons. The first-order chi connectivity index (χ1) is 18.3. The third-order valence-electron chi connectivity index (χ3n) is 7.84. The molecular weight excluding hydrogens is 490 g/mol. The first-order valence-electron chi connectivity index (χ1n) is 12.9. The maximum absolute atomic E-state index is 13.3. The van der Waals surface area contributed by atoms with Gasteiger partial charge in [-0.3, -0.25) is 4.79 Å². The summed E-state index contributed by atoms with van der Waals surface area (Å²) in [6.07, 6.45) is 0. The third kappa shape index (κ3) is 4.83. The Kier molecular flexibility index (Phi) is 7.56. The average molecular weight is 528 g/mol. The second kappa shape index (κ2) is 10.9. The second-order valence-corrected chi connectivity index (χ2v) is 10.4. The number of cyclic esters (lactones) is 1. The second-order valence-electron chi connectivity index (χ2n) is 10.4. The van der Waals surface area contributed by atoms with Crippen LogP contribution in [0.25, 0.3) is 0 Å². The van der Waals surface area contributed by atoms with Crippen LogP contribution in [-0.2, 0) is 9.53 Å². The Labute approximate surface area is 223 Å². The number of fused-ring (bicyclic) bond motifs is 3. The number of benzene rings is 2. The van der Waals surface area contributed by atoms with Crippen LogP contribution in [0, 0.1) is 11.8 Å². The van der Waals surface area contributed by atoms with Gasteiger partial charge in [0.2, 0.25) is 12.5 Å². The van der Waals surface area contributed by atoms with Gasteiger partial charge < -0.3 is 43.9 Å². The molecule has 0 saturated carbocycles. The lowest BCUT2D eigenvalue weighted by Crippen LogP contribution is -2.43. The molecule has 0 bridgehead atoms. The van der Waals surface area contributed by atoms with Crippen molar-refractivity contribution < 1.29 is 33.6 Å². The number of nitrogens with one attached hydrogen (secondary N) is 1. The van der Waals surface area contributed by atoms with Crippen LogP contribution in [0.5, 0.6) is 28.7 Å². The Hall–Kier alpha value is -3.21. The quantitative estimate of drug-likeness (QED) is 0.447. The number of phenols is 1. The number of phenolic OH excluding ortho intramolecular Hbond substituents is 1. The molecule has 0 amide bonds. The lowest BCUT2D eigenvalue weighted by Gasteiger charge is -2.40. The van der Waals surface area contributed by atoms with Gasteiger partial charge in [0, 0.05) is 44.1 Å². The number of rotatable bonds is 10. The highest BCUT2D eigenvalue weighted by Gasteiger charge is 2.52. The lowest BCUT2D eigenvalue weighted by atomic mass is 9.65. The van der Waals surface area contributed by atoms with E-state index in [2.05, 4.69) is 36.3 Å². The van der Waals surface area contributed by atoms with Crippen molar-refractivity contribution >= 4 is 5.97 Å². The number of carbonyl (C=O) groups excluding carboxylic acids is 1. The number of methoxy groups -OCH3 is 2. The summed E-state index contributed by atoms with van der Waals surface area (Å²) in [6, 6.07) is 7.45. The Morgan fingerprint density at radius 2 is 1.61 bits per heavy atom. The summed E-state index contributed by atoms with van der Waals surface area (Å²) in [7, 11) is 9.25. The molecule has 2 aromatic rings. The summed E-state index contributed by atoms with van der Waals surface area (Å²) in [6.45, 7) is 4.06. The van der Waals surface area contributed by atoms with Gasteiger partial charge >= 0.3 is 5.97 Å². The van der Waals surface area contributed by atoms with E-state index in [4.69, 9.17) is 23.7 Å². The van der Waals surface area contributed by atoms with E-state index in [1.54, 1.807) is 12.1 Å². The standard InChI is InChI=1S/C28H37N3O7/c1-30(2)8-9-31(3)7-6-29-26-18-13-21-20(37-15-38-21)12-17(18)24(25-19(26)14-36-28(25)33)16-10-22(34-4)27(32)23(11-16)35-5/h10-13,19,24-26,29,32H,6-9,14-15H2,1-5H3/t19-,24+,25-,26+/m0/s1. The molecule has 0 aromatic heterocycles. The number of esters is 1. The van der Waals surface area contributed by atoms with Gasteiger partial charge in [-0.05, 0) is 62.1 Å². The summed E-state index contributed by atoms with van der Waals surface area (Å²) in [4.78, 5) is 17.7. The molecule has 0 spiro atoms. The SMILES string of the molecule is COc1cc([C@@H]2c3cc4c(cc3[C@@H](NCCN(C)CCN(C)C)[C@H]3COC(=O)[C@H]23)OCO4)cc(OC)c1O. The minimum Gasteiger partial charge on any atom is -0.502 e. The van der Waals surface area contributed by atoms with Gasteiger partial charge in [-0.2, -0.15) is 0 Å². The number of ether oxygens (including phenoxy) is 5. The Bertz CT molecular complexity index is 1160. The fourth-order valence-corrected chi connectivity index (χ4v) is 5.81. The molecule has 1 saturated heterocycles. The van der Waals surface area contributed by atoms with Gasteiger partial charge in [-0.15, -0.1) is 0 Å². The van der Waals surface area contributed by atoms with Crippen LogP contribution in [0.2, 0.25) is 0 Å². The topological polar surface area (TPSA) is 102 Å². The Morgan fingerprint density at radius 1 is 0.947 bits per heavy atom. The smallest absolute Gasteiger partial charge is 0.310 e. The van der Waals surface area contributed by atoms with E-state index < -0.39 is 5.92 Å². The molecule has 1 fully saturated rings. The number of likely N-dealkylation sites (N-methyl/N-ethyl adjacent to an activating group) is 2. The van der Waals surface area contributed by atoms with Crippen molar-refractivity contribution in [1.29, 1.82) is 0 Å². The fraction of sp³-hybridized carbons (Fsp3) is 0.536. The summed E-state index contributed by atoms with van der Waals surface area (Å²) in [5.41, 5.74) is 2.82. The van der Waals surface area contributed by atoms with E-state index in [0.29, 0.717) is 18.1 Å². The molecular formula is C28H37N3O7. The van der Waals surface area contributed by atoms with Crippen molar-refractivity contribution in [2.75, 3.05) is 74.9 Å². The van der Waals surface area contributed by atoms with Crippen LogP contribution in [0.4, 0.5) is 0 Å². The summed E-state index contributed by atoms with van der Waals surface area (Å²) in [5.74, 6) is 0.748. The number of carbonyl (C=O) groups is 1. The molecule has 10 heteroatoms. The molecule has 10 nitrogen and oxygen atoms in total. The van der Waals surface area contributed by atoms with Crippen molar-refractivity contribution in [3.8, 4) is 28.7 Å². The van der Waals surface area contributed by atoms with E-state index in [0.717, 1.165) is 42.9 Å². The zero-order valence-corrected chi connectivity index (χ0v) is 22.7. The number of hydrogen-bond acceptors (Lipinski definition) is 10. The van der Waals surface area contributed by atoms with Gasteiger partial charge in [0.05, 0.1) is 26.7 Å². The molecule has 3 aliphatic rings. The van der Waals surface area contributed by atoms with E-state index in [1.165, 1.54) is 14.2 Å². The average Bonchev–Trinajstić information content (AvgIpc) is 3.52. The zero-order chi connectivity index (χ0) is 27.0. The normalized spacial score (nSPS) is 23.4. The van der Waals surface area contributed by atoms with Crippen LogP contribution in [0.1, 0.15) is 28.7 Å². The van der Waals surface area contributed by atoms with Crippen LogP contribution >= 0.6 is 0 Å². The largest absolute Gasteiger partial charge is 0.502 e. The maximum atomic E-state index is 13.3. The van der Waals surface area contributed by atoms with Crippen molar-refractivity contribution in [2.24, 2.45) is 11.8 Å².